The van der Waals surface area contributed by atoms with Crippen molar-refractivity contribution in [3.05, 3.63) is 43.7 Å². The highest BCUT2D eigenvalue weighted by Gasteiger charge is 2.30. The van der Waals surface area contributed by atoms with Crippen molar-refractivity contribution >= 4 is 23.4 Å². The number of carbonyl (C=O) groups is 2. The Bertz CT molecular complexity index is 993. The van der Waals surface area contributed by atoms with Gasteiger partial charge in [0.2, 0.25) is 0 Å². The molecule has 0 saturated heterocycles. The summed E-state index contributed by atoms with van der Waals surface area (Å²) in [6, 6.07) is 1.06. The molecule has 0 amide bonds. The minimum atomic E-state index is -1.85. The van der Waals surface area contributed by atoms with Crippen molar-refractivity contribution in [1.82, 2.24) is 4.98 Å². The van der Waals surface area contributed by atoms with Gasteiger partial charge in [-0.05, 0) is 0 Å². The van der Waals surface area contributed by atoms with Crippen LogP contribution in [0.25, 0.3) is 11.1 Å². The number of nitrogens with two attached hydrogens (primary N) is 1. The predicted octanol–water partition coefficient (Wildman–Crippen LogP) is 0.340. The van der Waals surface area contributed by atoms with Gasteiger partial charge in [-0.15, -0.1) is 0 Å². The standard InChI is InChI=1S/C13H9N3O9/c14-10-8(12(20)21)7(9(13(22)23)11(19)15-10)3-1-4(16(24)25)6(18)2-5(3)17/h1-2,17-18H,(H,20,21)(H,22,23)(H3,14,15,19). The fraction of sp³-hybridized carbons (Fsp3) is 0. The molecular weight excluding hydrogens is 342 g/mol. The Morgan fingerprint density at radius 2 is 1.64 bits per heavy atom. The fourth-order valence-corrected chi connectivity index (χ4v) is 2.23. The van der Waals surface area contributed by atoms with E-state index in [-0.39, 0.29) is 0 Å². The van der Waals surface area contributed by atoms with Crippen molar-refractivity contribution in [1.29, 1.82) is 0 Å². The average Bonchev–Trinajstić information content (AvgIpc) is 2.44. The van der Waals surface area contributed by atoms with Gasteiger partial charge in [0, 0.05) is 23.3 Å². The summed E-state index contributed by atoms with van der Waals surface area (Å²) >= 11 is 0. The van der Waals surface area contributed by atoms with Crippen LogP contribution in [0.1, 0.15) is 20.7 Å². The number of aromatic nitrogens is 1. The molecule has 2 aromatic rings. The fourth-order valence-electron chi connectivity index (χ4n) is 2.23. The molecule has 1 aromatic carbocycles. The van der Waals surface area contributed by atoms with Gasteiger partial charge in [0.05, 0.1) is 4.92 Å². The zero-order valence-electron chi connectivity index (χ0n) is 12.0. The van der Waals surface area contributed by atoms with Crippen molar-refractivity contribution in [2.75, 3.05) is 5.73 Å². The number of nitrogens with one attached hydrogen (secondary N) is 1. The van der Waals surface area contributed by atoms with Gasteiger partial charge in [-0.25, -0.2) is 9.59 Å². The number of pyridine rings is 1. The monoisotopic (exact) mass is 351 g/mol. The van der Waals surface area contributed by atoms with Gasteiger partial charge < -0.3 is 31.1 Å². The van der Waals surface area contributed by atoms with Crippen LogP contribution >= 0.6 is 0 Å². The third kappa shape index (κ3) is 2.78. The molecule has 12 heteroatoms. The summed E-state index contributed by atoms with van der Waals surface area (Å²) in [5.41, 5.74) is -0.288. The van der Waals surface area contributed by atoms with E-state index in [1.807, 2.05) is 4.98 Å². The second-order valence-corrected chi connectivity index (χ2v) is 4.72. The Kier molecular flexibility index (Phi) is 4.03. The van der Waals surface area contributed by atoms with Crippen LogP contribution in [0.4, 0.5) is 11.5 Å². The molecule has 0 radical (unpaired) electrons. The first-order chi connectivity index (χ1) is 11.6. The molecule has 7 N–H and O–H groups in total. The predicted molar refractivity (Wildman–Crippen MR) is 80.8 cm³/mol. The smallest absolute Gasteiger partial charge is 0.342 e. The molecule has 0 unspecified atom stereocenters. The molecule has 2 rings (SSSR count). The number of aromatic hydroxyl groups is 2. The molecule has 0 aliphatic rings. The Morgan fingerprint density at radius 1 is 1.08 bits per heavy atom. The number of hydrogen-bond acceptors (Lipinski definition) is 8. The van der Waals surface area contributed by atoms with Crippen molar-refractivity contribution in [2.45, 2.75) is 0 Å². The average molecular weight is 351 g/mol. The zero-order chi connectivity index (χ0) is 19.0. The zero-order valence-corrected chi connectivity index (χ0v) is 12.0. The number of hydrogen-bond donors (Lipinski definition) is 6. The molecule has 0 aliphatic heterocycles. The number of nitro groups is 1. The number of carboxylic acids is 2. The maximum atomic E-state index is 11.9. The van der Waals surface area contributed by atoms with Crippen LogP contribution in [0.5, 0.6) is 11.5 Å². The summed E-state index contributed by atoms with van der Waals surface area (Å²) in [5.74, 6) is -6.15. The third-order valence-electron chi connectivity index (χ3n) is 3.23. The number of anilines is 1. The number of H-pyrrole nitrogens is 1. The maximum absolute atomic E-state index is 11.9. The number of aromatic amines is 1. The summed E-state index contributed by atoms with van der Waals surface area (Å²) in [4.78, 5) is 46.4. The van der Waals surface area contributed by atoms with E-state index in [2.05, 4.69) is 0 Å². The van der Waals surface area contributed by atoms with Crippen molar-refractivity contribution in [2.24, 2.45) is 0 Å². The van der Waals surface area contributed by atoms with E-state index in [1.54, 1.807) is 0 Å². The number of benzene rings is 1. The normalized spacial score (nSPS) is 10.4. The minimum absolute atomic E-state index is 0.516. The van der Waals surface area contributed by atoms with Gasteiger partial charge in [-0.3, -0.25) is 14.9 Å². The molecule has 0 spiro atoms. The highest BCUT2D eigenvalue weighted by atomic mass is 16.6. The van der Waals surface area contributed by atoms with E-state index in [0.717, 1.165) is 0 Å². The first-order valence-corrected chi connectivity index (χ1v) is 6.29. The molecule has 25 heavy (non-hydrogen) atoms. The molecule has 0 saturated carbocycles. The van der Waals surface area contributed by atoms with Crippen LogP contribution in [-0.4, -0.2) is 42.3 Å². The lowest BCUT2D eigenvalue weighted by Gasteiger charge is -2.13. The Hall–Kier alpha value is -4.09. The van der Waals surface area contributed by atoms with E-state index in [4.69, 9.17) is 5.73 Å². The van der Waals surface area contributed by atoms with E-state index >= 15 is 0 Å². The lowest BCUT2D eigenvalue weighted by Crippen LogP contribution is -2.24. The number of nitrogen functional groups attached to an aromatic ring is 1. The molecule has 1 aromatic heterocycles. The van der Waals surface area contributed by atoms with Gasteiger partial charge in [0.25, 0.3) is 5.56 Å². The highest BCUT2D eigenvalue weighted by Crippen LogP contribution is 2.41. The highest BCUT2D eigenvalue weighted by molar-refractivity contribution is 6.08. The summed E-state index contributed by atoms with van der Waals surface area (Å²) in [6.07, 6.45) is 0. The number of rotatable bonds is 4. The number of carboxylic acid groups (broad SMARTS) is 2. The Balaban J connectivity index is 3.08. The molecular formula is C13H9N3O9. The number of nitro benzene ring substituents is 1. The lowest BCUT2D eigenvalue weighted by molar-refractivity contribution is -0.385. The van der Waals surface area contributed by atoms with Crippen LogP contribution in [0.2, 0.25) is 0 Å². The van der Waals surface area contributed by atoms with E-state index in [0.29, 0.717) is 12.1 Å². The second-order valence-electron chi connectivity index (χ2n) is 4.72. The molecule has 12 nitrogen and oxygen atoms in total. The number of nitrogens with zero attached hydrogens (tertiary/aromatic N) is 1. The van der Waals surface area contributed by atoms with Crippen molar-refractivity contribution in [3.8, 4) is 22.6 Å². The topological polar surface area (TPSA) is 217 Å². The second kappa shape index (κ2) is 5.84. The third-order valence-corrected chi connectivity index (χ3v) is 3.23. The van der Waals surface area contributed by atoms with Crippen LogP contribution in [0.15, 0.2) is 16.9 Å². The molecule has 130 valence electrons. The number of phenolic OH excluding ortho intramolecular Hbond substituents is 2. The molecule has 1 heterocycles. The number of aromatic carboxylic acids is 2. The first-order valence-electron chi connectivity index (χ1n) is 6.29. The van der Waals surface area contributed by atoms with E-state index in [9.17, 15) is 44.9 Å². The van der Waals surface area contributed by atoms with Gasteiger partial charge in [-0.1, -0.05) is 0 Å². The summed E-state index contributed by atoms with van der Waals surface area (Å²) in [6.45, 7) is 0. The van der Waals surface area contributed by atoms with Crippen LogP contribution < -0.4 is 11.3 Å². The Morgan fingerprint density at radius 3 is 2.12 bits per heavy atom. The molecule has 0 atom stereocenters. The largest absolute Gasteiger partial charge is 0.507 e. The van der Waals surface area contributed by atoms with E-state index < -0.39 is 67.7 Å². The van der Waals surface area contributed by atoms with Gasteiger partial charge in [0.1, 0.15) is 22.7 Å². The van der Waals surface area contributed by atoms with Gasteiger partial charge in [-0.2, -0.15) is 0 Å². The van der Waals surface area contributed by atoms with Crippen LogP contribution in [-0.2, 0) is 0 Å². The van der Waals surface area contributed by atoms with Gasteiger partial charge in [0.15, 0.2) is 5.75 Å². The van der Waals surface area contributed by atoms with Crippen molar-refractivity contribution < 1.29 is 34.9 Å². The SMILES string of the molecule is Nc1[nH]c(=O)c(C(=O)O)c(-c2cc([N+](=O)[O-])c(O)cc2O)c1C(=O)O. The molecule has 0 fully saturated rings. The summed E-state index contributed by atoms with van der Waals surface area (Å²) in [5, 5.41) is 48.8. The van der Waals surface area contributed by atoms with Gasteiger partial charge >= 0.3 is 17.6 Å². The van der Waals surface area contributed by atoms with Crippen LogP contribution in [0, 0.1) is 10.1 Å². The maximum Gasteiger partial charge on any atom is 0.342 e. The minimum Gasteiger partial charge on any atom is -0.507 e. The molecule has 0 aliphatic carbocycles. The quantitative estimate of drug-likeness (QED) is 0.327. The summed E-state index contributed by atoms with van der Waals surface area (Å²) in [7, 11) is 0. The van der Waals surface area contributed by atoms with Crippen LogP contribution in [0.3, 0.4) is 0 Å². The molecule has 0 bridgehead atoms. The first kappa shape index (κ1) is 17.3. The Labute approximate surface area is 136 Å². The summed E-state index contributed by atoms with van der Waals surface area (Å²) < 4.78 is 0. The lowest BCUT2D eigenvalue weighted by atomic mass is 9.94. The van der Waals surface area contributed by atoms with Crippen molar-refractivity contribution in [3.63, 3.8) is 0 Å². The number of phenols is 2. The van der Waals surface area contributed by atoms with E-state index in [1.165, 1.54) is 0 Å².